The molecule has 0 aromatic heterocycles. The Hall–Kier alpha value is -1.42. The van der Waals surface area contributed by atoms with E-state index < -0.39 is 0 Å². The Morgan fingerprint density at radius 2 is 1.85 bits per heavy atom. The maximum absolute atomic E-state index is 12.7. The predicted octanol–water partition coefficient (Wildman–Crippen LogP) is 2.41. The number of amides is 1. The minimum atomic E-state index is -0.214. The fraction of sp³-hybridized carbons (Fsp3) is 0.562. The normalized spacial score (nSPS) is 16.1. The van der Waals surface area contributed by atoms with Gasteiger partial charge in [-0.25, -0.2) is 4.39 Å². The van der Waals surface area contributed by atoms with Crippen molar-refractivity contribution in [3.8, 4) is 0 Å². The monoisotopic (exact) mass is 278 g/mol. The van der Waals surface area contributed by atoms with E-state index in [-0.39, 0.29) is 11.7 Å². The molecule has 2 N–H and O–H groups in total. The Morgan fingerprint density at radius 1 is 1.15 bits per heavy atom. The second-order valence-corrected chi connectivity index (χ2v) is 5.46. The lowest BCUT2D eigenvalue weighted by Gasteiger charge is -2.22. The molecule has 0 radical (unpaired) electrons. The average Bonchev–Trinajstić information content (AvgIpc) is 2.46. The van der Waals surface area contributed by atoms with E-state index in [1.807, 2.05) is 0 Å². The molecule has 1 amide bonds. The first-order chi connectivity index (χ1) is 9.74. The quantitative estimate of drug-likeness (QED) is 0.785. The minimum Gasteiger partial charge on any atom is -0.352 e. The van der Waals surface area contributed by atoms with Crippen molar-refractivity contribution in [3.63, 3.8) is 0 Å². The Kier molecular flexibility index (Phi) is 5.99. The van der Waals surface area contributed by atoms with Crippen LogP contribution in [0.25, 0.3) is 0 Å². The van der Waals surface area contributed by atoms with Crippen molar-refractivity contribution in [2.45, 2.75) is 44.6 Å². The van der Waals surface area contributed by atoms with E-state index >= 15 is 0 Å². The van der Waals surface area contributed by atoms with Crippen LogP contribution in [-0.4, -0.2) is 25.0 Å². The summed E-state index contributed by atoms with van der Waals surface area (Å²) in [5.74, 6) is -0.135. The van der Waals surface area contributed by atoms with Crippen LogP contribution >= 0.6 is 0 Å². The zero-order chi connectivity index (χ0) is 14.2. The highest BCUT2D eigenvalue weighted by Gasteiger charge is 2.14. The second kappa shape index (κ2) is 8.00. The van der Waals surface area contributed by atoms with E-state index in [2.05, 4.69) is 10.6 Å². The third-order valence-electron chi connectivity index (χ3n) is 3.76. The molecule has 4 heteroatoms. The van der Waals surface area contributed by atoms with Gasteiger partial charge in [-0.2, -0.15) is 0 Å². The van der Waals surface area contributed by atoms with Gasteiger partial charge in [-0.1, -0.05) is 31.4 Å². The molecule has 0 heterocycles. The molecule has 0 bridgehead atoms. The number of carbonyl (C=O) groups excluding carboxylic acids is 1. The number of hydrogen-bond donors (Lipinski definition) is 2. The standard InChI is InChI=1S/C16H23FN2O/c17-14-8-6-13(7-9-14)10-11-18-12-16(20)19-15-4-2-1-3-5-15/h6-9,15,18H,1-5,10-12H2,(H,19,20). The lowest BCUT2D eigenvalue weighted by molar-refractivity contribution is -0.121. The van der Waals surface area contributed by atoms with Crippen molar-refractivity contribution >= 4 is 5.91 Å². The molecule has 0 saturated heterocycles. The zero-order valence-electron chi connectivity index (χ0n) is 11.8. The highest BCUT2D eigenvalue weighted by Crippen LogP contribution is 2.17. The topological polar surface area (TPSA) is 41.1 Å². The van der Waals surface area contributed by atoms with E-state index in [0.717, 1.165) is 31.4 Å². The molecule has 0 spiro atoms. The molecule has 1 aromatic rings. The van der Waals surface area contributed by atoms with Gasteiger partial charge in [0.25, 0.3) is 0 Å². The van der Waals surface area contributed by atoms with Gasteiger partial charge >= 0.3 is 0 Å². The molecule has 1 aliphatic rings. The Bertz CT molecular complexity index is 413. The van der Waals surface area contributed by atoms with Crippen LogP contribution in [0.1, 0.15) is 37.7 Å². The summed E-state index contributed by atoms with van der Waals surface area (Å²) in [6, 6.07) is 6.85. The summed E-state index contributed by atoms with van der Waals surface area (Å²) in [5, 5.41) is 6.21. The summed E-state index contributed by atoms with van der Waals surface area (Å²) in [4.78, 5) is 11.7. The molecule has 1 fully saturated rings. The van der Waals surface area contributed by atoms with Gasteiger partial charge in [-0.3, -0.25) is 4.79 Å². The Labute approximate surface area is 120 Å². The summed E-state index contributed by atoms with van der Waals surface area (Å²) in [7, 11) is 0. The molecule has 1 aromatic carbocycles. The molecular formula is C16H23FN2O. The summed E-state index contributed by atoms with van der Waals surface area (Å²) >= 11 is 0. The van der Waals surface area contributed by atoms with Crippen LogP contribution in [0.4, 0.5) is 4.39 Å². The van der Waals surface area contributed by atoms with Gasteiger partial charge < -0.3 is 10.6 Å². The molecule has 0 atom stereocenters. The van der Waals surface area contributed by atoms with Crippen LogP contribution in [0.15, 0.2) is 24.3 Å². The fourth-order valence-corrected chi connectivity index (χ4v) is 2.61. The molecule has 2 rings (SSSR count). The van der Waals surface area contributed by atoms with Crippen molar-refractivity contribution in [3.05, 3.63) is 35.6 Å². The third-order valence-corrected chi connectivity index (χ3v) is 3.76. The summed E-state index contributed by atoms with van der Waals surface area (Å²) in [5.41, 5.74) is 1.08. The molecule has 20 heavy (non-hydrogen) atoms. The van der Waals surface area contributed by atoms with Gasteiger partial charge in [0.05, 0.1) is 6.54 Å². The number of carbonyl (C=O) groups is 1. The van der Waals surface area contributed by atoms with E-state index in [9.17, 15) is 9.18 Å². The van der Waals surface area contributed by atoms with E-state index in [4.69, 9.17) is 0 Å². The first kappa shape index (κ1) is 15.0. The number of halogens is 1. The summed E-state index contributed by atoms with van der Waals surface area (Å²) < 4.78 is 12.7. The molecule has 1 aliphatic carbocycles. The predicted molar refractivity (Wildman–Crippen MR) is 78.0 cm³/mol. The van der Waals surface area contributed by atoms with Crippen LogP contribution < -0.4 is 10.6 Å². The maximum Gasteiger partial charge on any atom is 0.234 e. The molecule has 0 aliphatic heterocycles. The lowest BCUT2D eigenvalue weighted by atomic mass is 9.95. The molecule has 3 nitrogen and oxygen atoms in total. The maximum atomic E-state index is 12.7. The number of rotatable bonds is 6. The third kappa shape index (κ3) is 5.29. The molecular weight excluding hydrogens is 255 g/mol. The Morgan fingerprint density at radius 3 is 2.55 bits per heavy atom. The van der Waals surface area contributed by atoms with Crippen LogP contribution in [-0.2, 0) is 11.2 Å². The minimum absolute atomic E-state index is 0.0796. The number of hydrogen-bond acceptors (Lipinski definition) is 2. The van der Waals surface area contributed by atoms with Crippen molar-refractivity contribution in [1.29, 1.82) is 0 Å². The molecule has 110 valence electrons. The van der Waals surface area contributed by atoms with E-state index in [1.165, 1.54) is 31.4 Å². The first-order valence-corrected chi connectivity index (χ1v) is 7.48. The summed E-state index contributed by atoms with van der Waals surface area (Å²) in [6.07, 6.45) is 6.77. The van der Waals surface area contributed by atoms with Crippen molar-refractivity contribution in [2.24, 2.45) is 0 Å². The largest absolute Gasteiger partial charge is 0.352 e. The van der Waals surface area contributed by atoms with Gasteiger partial charge in [0.2, 0.25) is 5.91 Å². The molecule has 1 saturated carbocycles. The average molecular weight is 278 g/mol. The zero-order valence-corrected chi connectivity index (χ0v) is 11.8. The van der Waals surface area contributed by atoms with Crippen molar-refractivity contribution in [1.82, 2.24) is 10.6 Å². The van der Waals surface area contributed by atoms with Gasteiger partial charge in [-0.15, -0.1) is 0 Å². The van der Waals surface area contributed by atoms with Gasteiger partial charge in [0, 0.05) is 6.04 Å². The Balaban J connectivity index is 1.58. The van der Waals surface area contributed by atoms with Gasteiger partial charge in [0.15, 0.2) is 0 Å². The van der Waals surface area contributed by atoms with E-state index in [1.54, 1.807) is 12.1 Å². The smallest absolute Gasteiger partial charge is 0.234 e. The lowest BCUT2D eigenvalue weighted by Crippen LogP contribution is -2.41. The molecule has 0 unspecified atom stereocenters. The van der Waals surface area contributed by atoms with E-state index in [0.29, 0.717) is 12.6 Å². The fourth-order valence-electron chi connectivity index (χ4n) is 2.61. The van der Waals surface area contributed by atoms with Gasteiger partial charge in [0.1, 0.15) is 5.82 Å². The summed E-state index contributed by atoms with van der Waals surface area (Å²) in [6.45, 7) is 1.08. The van der Waals surface area contributed by atoms with Crippen LogP contribution in [0, 0.1) is 5.82 Å². The van der Waals surface area contributed by atoms with Gasteiger partial charge in [-0.05, 0) is 43.5 Å². The first-order valence-electron chi connectivity index (χ1n) is 7.48. The van der Waals surface area contributed by atoms with Crippen molar-refractivity contribution in [2.75, 3.05) is 13.1 Å². The highest BCUT2D eigenvalue weighted by molar-refractivity contribution is 5.78. The second-order valence-electron chi connectivity index (χ2n) is 5.46. The SMILES string of the molecule is O=C(CNCCc1ccc(F)cc1)NC1CCCCC1. The number of benzene rings is 1. The van der Waals surface area contributed by atoms with Crippen LogP contribution in [0.5, 0.6) is 0 Å². The number of nitrogens with one attached hydrogen (secondary N) is 2. The highest BCUT2D eigenvalue weighted by atomic mass is 19.1. The van der Waals surface area contributed by atoms with Crippen molar-refractivity contribution < 1.29 is 9.18 Å². The van der Waals surface area contributed by atoms with Crippen LogP contribution in [0.2, 0.25) is 0 Å². The van der Waals surface area contributed by atoms with Crippen LogP contribution in [0.3, 0.4) is 0 Å².